The molecule has 1 atom stereocenters. The Morgan fingerprint density at radius 3 is 2.44 bits per heavy atom. The molecule has 0 spiro atoms. The SMILES string of the molecule is COc1ccc(OC(F)F)c(CC(=O)N[C@H](C(=O)N/C(=C/C(=O)O)C(=O)CSCc2c(F)cccc2Cl)C(C)C)c1. The van der Waals surface area contributed by atoms with Gasteiger partial charge in [-0.25, -0.2) is 9.18 Å². The van der Waals surface area contributed by atoms with E-state index in [9.17, 15) is 37.5 Å². The first-order valence-corrected chi connectivity index (χ1v) is 13.6. The number of ether oxygens (including phenoxy) is 2. The van der Waals surface area contributed by atoms with Crippen LogP contribution in [0.15, 0.2) is 48.2 Å². The van der Waals surface area contributed by atoms with Gasteiger partial charge in [0.05, 0.1) is 31.1 Å². The number of alkyl halides is 2. The molecule has 0 fully saturated rings. The first kappa shape index (κ1) is 33.5. The van der Waals surface area contributed by atoms with Crippen LogP contribution in [0.25, 0.3) is 0 Å². The van der Waals surface area contributed by atoms with E-state index in [1.807, 2.05) is 0 Å². The minimum atomic E-state index is -3.14. The van der Waals surface area contributed by atoms with E-state index in [1.54, 1.807) is 13.8 Å². The monoisotopic (exact) mass is 616 g/mol. The number of benzene rings is 2. The number of carbonyl (C=O) groups excluding carboxylic acids is 3. The Hall–Kier alpha value is -3.71. The summed E-state index contributed by atoms with van der Waals surface area (Å²) in [4.78, 5) is 49.9. The molecule has 0 aliphatic carbocycles. The predicted molar refractivity (Wildman–Crippen MR) is 147 cm³/mol. The van der Waals surface area contributed by atoms with E-state index in [4.69, 9.17) is 16.3 Å². The van der Waals surface area contributed by atoms with E-state index in [0.717, 1.165) is 11.8 Å². The van der Waals surface area contributed by atoms with E-state index in [2.05, 4.69) is 15.4 Å². The molecule has 41 heavy (non-hydrogen) atoms. The molecule has 14 heteroatoms. The van der Waals surface area contributed by atoms with Crippen LogP contribution in [0, 0.1) is 11.7 Å². The molecule has 0 unspecified atom stereocenters. The lowest BCUT2D eigenvalue weighted by Crippen LogP contribution is -2.50. The second-order valence-corrected chi connectivity index (χ2v) is 10.2. The number of ketones is 1. The third kappa shape index (κ3) is 10.7. The van der Waals surface area contributed by atoms with Gasteiger partial charge in [-0.05, 0) is 36.2 Å². The van der Waals surface area contributed by atoms with Gasteiger partial charge in [0.15, 0.2) is 5.78 Å². The molecule has 0 aliphatic heterocycles. The number of amides is 2. The largest absolute Gasteiger partial charge is 0.497 e. The molecule has 3 N–H and O–H groups in total. The highest BCUT2D eigenvalue weighted by Crippen LogP contribution is 2.27. The van der Waals surface area contributed by atoms with E-state index in [0.29, 0.717) is 6.08 Å². The number of Topliss-reactive ketones (excluding diaryl/α,β-unsaturated/α-hetero) is 1. The summed E-state index contributed by atoms with van der Waals surface area (Å²) in [6.07, 6.45) is 0.0576. The Labute approximate surface area is 243 Å². The molecule has 2 amide bonds. The number of carboxylic acid groups (broad SMARTS) is 1. The fraction of sp³-hybridized carbons (Fsp3) is 0.333. The van der Waals surface area contributed by atoms with E-state index >= 15 is 0 Å². The van der Waals surface area contributed by atoms with Crippen molar-refractivity contribution in [2.45, 2.75) is 38.7 Å². The lowest BCUT2D eigenvalue weighted by atomic mass is 10.0. The highest BCUT2D eigenvalue weighted by Gasteiger charge is 2.27. The van der Waals surface area contributed by atoms with Crippen LogP contribution in [0.3, 0.4) is 0 Å². The number of halogens is 4. The zero-order valence-electron chi connectivity index (χ0n) is 22.2. The van der Waals surface area contributed by atoms with Crippen molar-refractivity contribution in [3.63, 3.8) is 0 Å². The Morgan fingerprint density at radius 2 is 1.85 bits per heavy atom. The highest BCUT2D eigenvalue weighted by molar-refractivity contribution is 7.99. The molecule has 0 heterocycles. The van der Waals surface area contributed by atoms with E-state index in [1.165, 1.54) is 43.5 Å². The summed E-state index contributed by atoms with van der Waals surface area (Å²) < 4.78 is 49.1. The predicted octanol–water partition coefficient (Wildman–Crippen LogP) is 4.36. The Balaban J connectivity index is 2.12. The van der Waals surface area contributed by atoms with Gasteiger partial charge in [0, 0.05) is 21.9 Å². The maximum Gasteiger partial charge on any atom is 0.387 e. The van der Waals surface area contributed by atoms with E-state index < -0.39 is 60.1 Å². The third-order valence-electron chi connectivity index (χ3n) is 5.47. The Bertz CT molecular complexity index is 1290. The number of hydrogen-bond acceptors (Lipinski definition) is 7. The van der Waals surface area contributed by atoms with Crippen LogP contribution >= 0.6 is 23.4 Å². The van der Waals surface area contributed by atoms with Crippen molar-refractivity contribution < 1.29 is 46.9 Å². The normalized spacial score (nSPS) is 12.2. The quantitative estimate of drug-likeness (QED) is 0.252. The van der Waals surface area contributed by atoms with E-state index in [-0.39, 0.29) is 39.2 Å². The molecular weight excluding hydrogens is 589 g/mol. The van der Waals surface area contributed by atoms with Crippen molar-refractivity contribution in [2.24, 2.45) is 5.92 Å². The average Bonchev–Trinajstić information content (AvgIpc) is 2.88. The maximum absolute atomic E-state index is 14.0. The number of allylic oxidation sites excluding steroid dienone is 1. The van der Waals surface area contributed by atoms with Crippen molar-refractivity contribution in [1.82, 2.24) is 10.6 Å². The molecule has 0 saturated heterocycles. The number of aliphatic carboxylic acids is 1. The van der Waals surface area contributed by atoms with Crippen LogP contribution in [-0.4, -0.2) is 54.2 Å². The summed E-state index contributed by atoms with van der Waals surface area (Å²) in [5.41, 5.74) is -0.311. The Morgan fingerprint density at radius 1 is 1.15 bits per heavy atom. The first-order valence-electron chi connectivity index (χ1n) is 12.0. The zero-order valence-corrected chi connectivity index (χ0v) is 23.8. The second kappa shape index (κ2) is 15.9. The molecular formula is C27H28ClF3N2O7S. The van der Waals surface area contributed by atoms with Crippen LogP contribution in [0.4, 0.5) is 13.2 Å². The van der Waals surface area contributed by atoms with Gasteiger partial charge in [0.1, 0.15) is 23.4 Å². The van der Waals surface area contributed by atoms with Gasteiger partial charge in [-0.2, -0.15) is 8.78 Å². The molecule has 0 saturated carbocycles. The van der Waals surface area contributed by atoms with Crippen LogP contribution in [0.1, 0.15) is 25.0 Å². The smallest absolute Gasteiger partial charge is 0.387 e. The highest BCUT2D eigenvalue weighted by atomic mass is 35.5. The van der Waals surface area contributed by atoms with Crippen molar-refractivity contribution in [3.05, 3.63) is 70.1 Å². The second-order valence-electron chi connectivity index (χ2n) is 8.82. The number of nitrogens with one attached hydrogen (secondary N) is 2. The molecule has 222 valence electrons. The summed E-state index contributed by atoms with van der Waals surface area (Å²) in [6, 6.07) is 6.81. The van der Waals surface area contributed by atoms with Crippen LogP contribution in [0.2, 0.25) is 5.02 Å². The molecule has 9 nitrogen and oxygen atoms in total. The lowest BCUT2D eigenvalue weighted by molar-refractivity contribution is -0.132. The maximum atomic E-state index is 14.0. The minimum absolute atomic E-state index is 0.0117. The van der Waals surface area contributed by atoms with Gasteiger partial charge >= 0.3 is 12.6 Å². The average molecular weight is 617 g/mol. The van der Waals surface area contributed by atoms with Crippen LogP contribution < -0.4 is 20.1 Å². The number of hydrogen-bond donors (Lipinski definition) is 3. The van der Waals surface area contributed by atoms with Crippen molar-refractivity contribution in [2.75, 3.05) is 12.9 Å². The van der Waals surface area contributed by atoms with Crippen LogP contribution in [0.5, 0.6) is 11.5 Å². The molecule has 0 radical (unpaired) electrons. The van der Waals surface area contributed by atoms with Gasteiger partial charge in [-0.3, -0.25) is 14.4 Å². The minimum Gasteiger partial charge on any atom is -0.497 e. The van der Waals surface area contributed by atoms with Crippen molar-refractivity contribution >= 4 is 46.9 Å². The van der Waals surface area contributed by atoms with Gasteiger partial charge < -0.3 is 25.2 Å². The summed E-state index contributed by atoms with van der Waals surface area (Å²) in [7, 11) is 1.35. The molecule has 0 aliphatic rings. The fourth-order valence-electron chi connectivity index (χ4n) is 3.48. The van der Waals surface area contributed by atoms with Crippen LogP contribution in [-0.2, 0) is 31.4 Å². The number of carbonyl (C=O) groups is 4. The van der Waals surface area contributed by atoms with Crippen molar-refractivity contribution in [3.8, 4) is 11.5 Å². The lowest BCUT2D eigenvalue weighted by Gasteiger charge is -2.22. The molecule has 2 aromatic rings. The summed E-state index contributed by atoms with van der Waals surface area (Å²) in [5.74, 6) is -5.27. The molecule has 2 rings (SSSR count). The summed E-state index contributed by atoms with van der Waals surface area (Å²) in [6.45, 7) is 0.0496. The number of rotatable bonds is 15. The number of methoxy groups -OCH3 is 1. The fourth-order valence-corrected chi connectivity index (χ4v) is 4.73. The zero-order chi connectivity index (χ0) is 30.7. The molecule has 0 bridgehead atoms. The van der Waals surface area contributed by atoms with Crippen molar-refractivity contribution in [1.29, 1.82) is 0 Å². The number of carboxylic acids is 1. The van der Waals surface area contributed by atoms with Gasteiger partial charge in [-0.1, -0.05) is 31.5 Å². The van der Waals surface area contributed by atoms with Gasteiger partial charge in [0.25, 0.3) is 0 Å². The van der Waals surface area contributed by atoms with Gasteiger partial charge in [-0.15, -0.1) is 11.8 Å². The summed E-state index contributed by atoms with van der Waals surface area (Å²) in [5, 5.41) is 14.1. The third-order valence-corrected chi connectivity index (χ3v) is 6.78. The van der Waals surface area contributed by atoms with Gasteiger partial charge in [0.2, 0.25) is 11.8 Å². The first-order chi connectivity index (χ1) is 19.3. The topological polar surface area (TPSA) is 131 Å². The summed E-state index contributed by atoms with van der Waals surface area (Å²) >= 11 is 6.94. The molecule has 2 aromatic carbocycles. The number of thioether (sulfide) groups is 1. The Kier molecular flexibility index (Phi) is 13.0. The standard InChI is InChI=1S/C27H28ClF3N2O7S/c1-14(2)25(33-23(35)10-15-9-16(39-3)7-8-22(15)40-27(30)31)26(38)32-20(11-24(36)37)21(34)13-41-12-17-18(28)5-4-6-19(17)29/h4-9,11,14,25,27H,10,12-13H2,1-3H3,(H,32,38)(H,33,35)(H,36,37)/b20-11+/t25-/m0/s1. The molecule has 0 aromatic heterocycles.